The maximum atomic E-state index is 5.78. The van der Waals surface area contributed by atoms with Gasteiger partial charge < -0.3 is 0 Å². The highest BCUT2D eigenvalue weighted by Crippen LogP contribution is 2.28. The van der Waals surface area contributed by atoms with E-state index in [4.69, 9.17) is 11.6 Å². The van der Waals surface area contributed by atoms with E-state index in [2.05, 4.69) is 34.5 Å². The van der Waals surface area contributed by atoms with E-state index in [1.54, 1.807) is 0 Å². The van der Waals surface area contributed by atoms with E-state index >= 15 is 0 Å². The van der Waals surface area contributed by atoms with Gasteiger partial charge in [0.2, 0.25) is 4.47 Å². The molecule has 0 aliphatic rings. The van der Waals surface area contributed by atoms with Crippen molar-refractivity contribution in [3.8, 4) is 21.7 Å². The Kier molecular flexibility index (Phi) is 3.09. The minimum absolute atomic E-state index is 0.470. The summed E-state index contributed by atoms with van der Waals surface area (Å²) in [5.74, 6) is 0. The van der Waals surface area contributed by atoms with Crippen molar-refractivity contribution in [3.05, 3.63) is 59.1 Å². The molecule has 1 aromatic heterocycles. The molecule has 0 saturated carbocycles. The molecule has 0 saturated heterocycles. The van der Waals surface area contributed by atoms with Crippen LogP contribution in [0.4, 0.5) is 0 Å². The number of hydrogen-bond acceptors (Lipinski definition) is 3. The molecule has 88 valence electrons. The molecule has 0 bridgehead atoms. The molecule has 3 rings (SSSR count). The zero-order valence-corrected chi connectivity index (χ0v) is 10.9. The lowest BCUT2D eigenvalue weighted by molar-refractivity contribution is 1.10. The predicted octanol–water partition coefficient (Wildman–Crippen LogP) is 4.53. The molecule has 0 amide bonds. The second-order valence-electron chi connectivity index (χ2n) is 3.80. The molecule has 3 aromatic rings. The molecule has 18 heavy (non-hydrogen) atoms. The smallest absolute Gasteiger partial charge is 0.137 e. The molecule has 0 spiro atoms. The van der Waals surface area contributed by atoms with E-state index in [1.807, 2.05) is 30.3 Å². The van der Waals surface area contributed by atoms with Crippen molar-refractivity contribution in [1.29, 1.82) is 0 Å². The maximum Gasteiger partial charge on any atom is 0.207 e. The van der Waals surface area contributed by atoms with E-state index in [1.165, 1.54) is 22.5 Å². The standard InChI is InChI=1S/C14H9ClN2S/c15-14-17-16-13(18-14)12-8-6-11(7-9-12)10-4-2-1-3-5-10/h1-9H. The van der Waals surface area contributed by atoms with Gasteiger partial charge in [0.05, 0.1) is 0 Å². The Morgan fingerprint density at radius 1 is 0.722 bits per heavy atom. The minimum atomic E-state index is 0.470. The van der Waals surface area contributed by atoms with Gasteiger partial charge in [-0.1, -0.05) is 65.9 Å². The van der Waals surface area contributed by atoms with Crippen LogP contribution in [0.25, 0.3) is 21.7 Å². The first-order valence-electron chi connectivity index (χ1n) is 5.48. The third-order valence-corrected chi connectivity index (χ3v) is 3.71. The molecule has 0 N–H and O–H groups in total. The van der Waals surface area contributed by atoms with Crippen LogP contribution in [-0.4, -0.2) is 10.2 Å². The van der Waals surface area contributed by atoms with Crippen molar-refractivity contribution in [3.63, 3.8) is 0 Å². The monoisotopic (exact) mass is 272 g/mol. The van der Waals surface area contributed by atoms with Crippen molar-refractivity contribution in [2.45, 2.75) is 0 Å². The SMILES string of the molecule is Clc1nnc(-c2ccc(-c3ccccc3)cc2)s1. The van der Waals surface area contributed by atoms with Crippen molar-refractivity contribution in [1.82, 2.24) is 10.2 Å². The molecule has 1 heterocycles. The molecular weight excluding hydrogens is 264 g/mol. The first kappa shape index (κ1) is 11.4. The number of hydrogen-bond donors (Lipinski definition) is 0. The topological polar surface area (TPSA) is 25.8 Å². The number of halogens is 1. The van der Waals surface area contributed by atoms with Crippen LogP contribution >= 0.6 is 22.9 Å². The highest BCUT2D eigenvalue weighted by Gasteiger charge is 2.05. The van der Waals surface area contributed by atoms with Gasteiger partial charge in [-0.2, -0.15) is 0 Å². The molecule has 0 unspecified atom stereocenters. The summed E-state index contributed by atoms with van der Waals surface area (Å²) in [6, 6.07) is 18.5. The van der Waals surface area contributed by atoms with Gasteiger partial charge in [0.1, 0.15) is 5.01 Å². The summed E-state index contributed by atoms with van der Waals surface area (Å²) < 4.78 is 0.470. The van der Waals surface area contributed by atoms with Gasteiger partial charge in [0.25, 0.3) is 0 Å². The van der Waals surface area contributed by atoms with E-state index in [0.29, 0.717) is 4.47 Å². The number of benzene rings is 2. The highest BCUT2D eigenvalue weighted by atomic mass is 35.5. The van der Waals surface area contributed by atoms with Crippen molar-refractivity contribution >= 4 is 22.9 Å². The van der Waals surface area contributed by atoms with Crippen LogP contribution in [0.1, 0.15) is 0 Å². The molecule has 4 heteroatoms. The van der Waals surface area contributed by atoms with E-state index in [0.717, 1.165) is 10.6 Å². The summed E-state index contributed by atoms with van der Waals surface area (Å²) in [6.07, 6.45) is 0. The minimum Gasteiger partial charge on any atom is -0.137 e. The van der Waals surface area contributed by atoms with Crippen LogP contribution in [-0.2, 0) is 0 Å². The quantitative estimate of drug-likeness (QED) is 0.685. The average molecular weight is 273 g/mol. The number of aromatic nitrogens is 2. The molecule has 0 radical (unpaired) electrons. The predicted molar refractivity (Wildman–Crippen MR) is 75.8 cm³/mol. The lowest BCUT2D eigenvalue weighted by atomic mass is 10.0. The Hall–Kier alpha value is -1.71. The second kappa shape index (κ2) is 4.88. The Balaban J connectivity index is 1.94. The van der Waals surface area contributed by atoms with Crippen LogP contribution in [0.2, 0.25) is 4.47 Å². The summed E-state index contributed by atoms with van der Waals surface area (Å²) in [4.78, 5) is 0. The van der Waals surface area contributed by atoms with Crippen LogP contribution < -0.4 is 0 Å². The molecule has 0 atom stereocenters. The summed E-state index contributed by atoms with van der Waals surface area (Å²) in [7, 11) is 0. The van der Waals surface area contributed by atoms with Crippen molar-refractivity contribution in [2.24, 2.45) is 0 Å². The molecule has 2 nitrogen and oxygen atoms in total. The van der Waals surface area contributed by atoms with E-state index in [9.17, 15) is 0 Å². The number of nitrogens with zero attached hydrogens (tertiary/aromatic N) is 2. The van der Waals surface area contributed by atoms with Crippen LogP contribution in [0, 0.1) is 0 Å². The van der Waals surface area contributed by atoms with E-state index in [-0.39, 0.29) is 0 Å². The third-order valence-electron chi connectivity index (χ3n) is 2.64. The lowest BCUT2D eigenvalue weighted by Gasteiger charge is -2.02. The molecule has 0 aliphatic heterocycles. The van der Waals surface area contributed by atoms with Gasteiger partial charge >= 0.3 is 0 Å². The molecule has 0 aliphatic carbocycles. The maximum absolute atomic E-state index is 5.78. The Morgan fingerprint density at radius 2 is 1.33 bits per heavy atom. The number of rotatable bonds is 2. The summed E-state index contributed by atoms with van der Waals surface area (Å²) in [5, 5.41) is 8.68. The normalized spacial score (nSPS) is 10.5. The first-order chi connectivity index (χ1) is 8.83. The van der Waals surface area contributed by atoms with Gasteiger partial charge in [-0.25, -0.2) is 0 Å². The first-order valence-corrected chi connectivity index (χ1v) is 6.67. The molecule has 0 fully saturated rings. The third kappa shape index (κ3) is 2.28. The van der Waals surface area contributed by atoms with Gasteiger partial charge in [0, 0.05) is 5.56 Å². The van der Waals surface area contributed by atoms with Crippen LogP contribution in [0.15, 0.2) is 54.6 Å². The zero-order chi connectivity index (χ0) is 12.4. The van der Waals surface area contributed by atoms with Gasteiger partial charge in [0.15, 0.2) is 0 Å². The van der Waals surface area contributed by atoms with Crippen molar-refractivity contribution < 1.29 is 0 Å². The summed E-state index contributed by atoms with van der Waals surface area (Å²) in [5.41, 5.74) is 3.44. The fraction of sp³-hybridized carbons (Fsp3) is 0. The average Bonchev–Trinajstić information content (AvgIpc) is 2.87. The fourth-order valence-electron chi connectivity index (χ4n) is 1.76. The summed E-state index contributed by atoms with van der Waals surface area (Å²) >= 11 is 7.17. The molecule has 2 aromatic carbocycles. The van der Waals surface area contributed by atoms with Gasteiger partial charge in [-0.3, -0.25) is 0 Å². The van der Waals surface area contributed by atoms with Crippen LogP contribution in [0.5, 0.6) is 0 Å². The second-order valence-corrected chi connectivity index (χ2v) is 5.36. The van der Waals surface area contributed by atoms with Crippen LogP contribution in [0.3, 0.4) is 0 Å². The van der Waals surface area contributed by atoms with Gasteiger partial charge in [-0.05, 0) is 22.7 Å². The Bertz CT molecular complexity index is 647. The summed E-state index contributed by atoms with van der Waals surface area (Å²) in [6.45, 7) is 0. The fourth-order valence-corrected chi connectivity index (χ4v) is 2.59. The highest BCUT2D eigenvalue weighted by molar-refractivity contribution is 7.18. The molecular formula is C14H9ClN2S. The lowest BCUT2D eigenvalue weighted by Crippen LogP contribution is -1.79. The van der Waals surface area contributed by atoms with Gasteiger partial charge in [-0.15, -0.1) is 10.2 Å². The van der Waals surface area contributed by atoms with Crippen molar-refractivity contribution in [2.75, 3.05) is 0 Å². The zero-order valence-electron chi connectivity index (χ0n) is 9.38. The Morgan fingerprint density at radius 3 is 1.94 bits per heavy atom. The Labute approximate surface area is 114 Å². The van der Waals surface area contributed by atoms with E-state index < -0.39 is 0 Å². The largest absolute Gasteiger partial charge is 0.207 e.